The maximum absolute atomic E-state index is 12.3. The van der Waals surface area contributed by atoms with E-state index in [0.29, 0.717) is 37.7 Å². The van der Waals surface area contributed by atoms with Crippen LogP contribution in [0.3, 0.4) is 0 Å². The summed E-state index contributed by atoms with van der Waals surface area (Å²) >= 11 is 0. The molecule has 1 aliphatic rings. The summed E-state index contributed by atoms with van der Waals surface area (Å²) < 4.78 is 20.9. The van der Waals surface area contributed by atoms with Gasteiger partial charge in [-0.3, -0.25) is 9.59 Å². The van der Waals surface area contributed by atoms with Crippen LogP contribution >= 0.6 is 0 Å². The fourth-order valence-corrected chi connectivity index (χ4v) is 3.23. The van der Waals surface area contributed by atoms with Crippen molar-refractivity contribution in [2.75, 3.05) is 46.5 Å². The SMILES string of the molecule is C/C=C/c1ccc(OCC(=O)OCC(=O)N2CCN(C(=O)c3ccco3)CC2)c(OC)c1. The molecule has 2 aromatic rings. The third-order valence-electron chi connectivity index (χ3n) is 4.90. The highest BCUT2D eigenvalue weighted by atomic mass is 16.6. The van der Waals surface area contributed by atoms with Crippen molar-refractivity contribution in [3.63, 3.8) is 0 Å². The molecule has 170 valence electrons. The van der Waals surface area contributed by atoms with Crippen molar-refractivity contribution in [1.82, 2.24) is 9.80 Å². The molecule has 0 bridgehead atoms. The van der Waals surface area contributed by atoms with E-state index in [1.807, 2.05) is 25.1 Å². The van der Waals surface area contributed by atoms with Crippen LogP contribution in [0.1, 0.15) is 23.0 Å². The summed E-state index contributed by atoms with van der Waals surface area (Å²) in [5.41, 5.74) is 0.941. The lowest BCUT2D eigenvalue weighted by Crippen LogP contribution is -2.51. The monoisotopic (exact) mass is 442 g/mol. The lowest BCUT2D eigenvalue weighted by Gasteiger charge is -2.34. The van der Waals surface area contributed by atoms with E-state index >= 15 is 0 Å². The van der Waals surface area contributed by atoms with E-state index in [-0.39, 0.29) is 30.8 Å². The molecule has 0 saturated carbocycles. The predicted octanol–water partition coefficient (Wildman–Crippen LogP) is 2.23. The molecule has 1 aromatic carbocycles. The molecule has 32 heavy (non-hydrogen) atoms. The fraction of sp³-hybridized carbons (Fsp3) is 0.348. The number of amides is 2. The zero-order valence-electron chi connectivity index (χ0n) is 18.1. The van der Waals surface area contributed by atoms with E-state index in [4.69, 9.17) is 18.6 Å². The van der Waals surface area contributed by atoms with Gasteiger partial charge in [-0.2, -0.15) is 0 Å². The van der Waals surface area contributed by atoms with Gasteiger partial charge in [-0.25, -0.2) is 4.79 Å². The third-order valence-corrected chi connectivity index (χ3v) is 4.90. The third kappa shape index (κ3) is 5.90. The van der Waals surface area contributed by atoms with Crippen molar-refractivity contribution in [3.05, 3.63) is 54.0 Å². The van der Waals surface area contributed by atoms with Gasteiger partial charge in [0.05, 0.1) is 13.4 Å². The number of benzene rings is 1. The van der Waals surface area contributed by atoms with Crippen LogP contribution in [0.15, 0.2) is 47.1 Å². The second-order valence-electron chi connectivity index (χ2n) is 7.01. The summed E-state index contributed by atoms with van der Waals surface area (Å²) in [5, 5.41) is 0. The second kappa shape index (κ2) is 11.0. The Kier molecular flexibility index (Phi) is 7.91. The summed E-state index contributed by atoms with van der Waals surface area (Å²) in [6.07, 6.45) is 5.26. The van der Waals surface area contributed by atoms with Gasteiger partial charge in [0, 0.05) is 26.2 Å². The highest BCUT2D eigenvalue weighted by Crippen LogP contribution is 2.28. The first kappa shape index (κ1) is 22.9. The molecular weight excluding hydrogens is 416 g/mol. The molecular formula is C23H26N2O7. The highest BCUT2D eigenvalue weighted by Gasteiger charge is 2.26. The molecule has 0 unspecified atom stereocenters. The number of hydrogen-bond donors (Lipinski definition) is 0. The van der Waals surface area contributed by atoms with Crippen molar-refractivity contribution in [2.24, 2.45) is 0 Å². The van der Waals surface area contributed by atoms with Crippen LogP contribution in [0.25, 0.3) is 6.08 Å². The zero-order chi connectivity index (χ0) is 22.9. The van der Waals surface area contributed by atoms with Crippen LogP contribution in [-0.2, 0) is 14.3 Å². The molecule has 0 atom stereocenters. The molecule has 9 heteroatoms. The summed E-state index contributed by atoms with van der Waals surface area (Å²) in [4.78, 5) is 39.8. The normalized spacial score (nSPS) is 13.8. The first-order chi connectivity index (χ1) is 15.5. The van der Waals surface area contributed by atoms with Crippen molar-refractivity contribution < 1.29 is 33.0 Å². The van der Waals surface area contributed by atoms with Crippen LogP contribution in [0.4, 0.5) is 0 Å². The minimum absolute atomic E-state index is 0.208. The van der Waals surface area contributed by atoms with Crippen molar-refractivity contribution >= 4 is 23.9 Å². The number of carbonyl (C=O) groups excluding carboxylic acids is 3. The van der Waals surface area contributed by atoms with E-state index in [2.05, 4.69) is 0 Å². The summed E-state index contributed by atoms with van der Waals surface area (Å²) in [5.74, 6) is -0.0271. The van der Waals surface area contributed by atoms with Crippen LogP contribution in [0, 0.1) is 0 Å². The van der Waals surface area contributed by atoms with Gasteiger partial charge in [-0.15, -0.1) is 0 Å². The number of rotatable bonds is 8. The number of piperazine rings is 1. The Morgan fingerprint density at radius 2 is 1.78 bits per heavy atom. The number of allylic oxidation sites excluding steroid dienone is 1. The first-order valence-corrected chi connectivity index (χ1v) is 10.2. The van der Waals surface area contributed by atoms with E-state index < -0.39 is 5.97 Å². The molecule has 0 N–H and O–H groups in total. The molecule has 0 aliphatic carbocycles. The van der Waals surface area contributed by atoms with Crippen LogP contribution in [0.5, 0.6) is 11.5 Å². The maximum atomic E-state index is 12.3. The number of furan rings is 1. The minimum atomic E-state index is -0.662. The molecule has 3 rings (SSSR count). The van der Waals surface area contributed by atoms with E-state index in [1.165, 1.54) is 13.4 Å². The number of methoxy groups -OCH3 is 1. The molecule has 1 fully saturated rings. The van der Waals surface area contributed by atoms with Crippen LogP contribution in [0.2, 0.25) is 0 Å². The zero-order valence-corrected chi connectivity index (χ0v) is 18.1. The Morgan fingerprint density at radius 3 is 2.44 bits per heavy atom. The Bertz CT molecular complexity index is 961. The predicted molar refractivity (Wildman–Crippen MR) is 115 cm³/mol. The van der Waals surface area contributed by atoms with E-state index in [9.17, 15) is 14.4 Å². The van der Waals surface area contributed by atoms with Gasteiger partial charge in [0.25, 0.3) is 11.8 Å². The number of esters is 1. The van der Waals surface area contributed by atoms with Gasteiger partial charge >= 0.3 is 5.97 Å². The van der Waals surface area contributed by atoms with Crippen LogP contribution < -0.4 is 9.47 Å². The number of nitrogens with zero attached hydrogens (tertiary/aromatic N) is 2. The molecule has 0 radical (unpaired) electrons. The van der Waals surface area contributed by atoms with Crippen LogP contribution in [-0.4, -0.2) is 74.1 Å². The molecule has 0 spiro atoms. The van der Waals surface area contributed by atoms with Gasteiger partial charge in [0.15, 0.2) is 30.5 Å². The summed E-state index contributed by atoms with van der Waals surface area (Å²) in [6, 6.07) is 8.59. The van der Waals surface area contributed by atoms with Gasteiger partial charge in [0.2, 0.25) is 0 Å². The largest absolute Gasteiger partial charge is 0.493 e. The molecule has 2 heterocycles. The molecule has 1 aromatic heterocycles. The average molecular weight is 442 g/mol. The smallest absolute Gasteiger partial charge is 0.344 e. The van der Waals surface area contributed by atoms with Gasteiger partial charge in [0.1, 0.15) is 0 Å². The van der Waals surface area contributed by atoms with Crippen molar-refractivity contribution in [1.29, 1.82) is 0 Å². The topological polar surface area (TPSA) is 98.5 Å². The summed E-state index contributed by atoms with van der Waals surface area (Å²) in [6.45, 7) is 2.65. The van der Waals surface area contributed by atoms with E-state index in [1.54, 1.807) is 34.1 Å². The Balaban J connectivity index is 1.41. The van der Waals surface area contributed by atoms with Crippen molar-refractivity contribution in [3.8, 4) is 11.5 Å². The highest BCUT2D eigenvalue weighted by molar-refractivity contribution is 5.91. The Hall–Kier alpha value is -3.75. The number of hydrogen-bond acceptors (Lipinski definition) is 7. The van der Waals surface area contributed by atoms with Gasteiger partial charge < -0.3 is 28.4 Å². The fourth-order valence-electron chi connectivity index (χ4n) is 3.23. The quantitative estimate of drug-likeness (QED) is 0.578. The maximum Gasteiger partial charge on any atom is 0.344 e. The molecule has 1 saturated heterocycles. The second-order valence-corrected chi connectivity index (χ2v) is 7.01. The molecule has 1 aliphatic heterocycles. The lowest BCUT2D eigenvalue weighted by molar-refractivity contribution is -0.154. The Morgan fingerprint density at radius 1 is 1.03 bits per heavy atom. The Labute approximate surface area is 186 Å². The van der Waals surface area contributed by atoms with Crippen molar-refractivity contribution in [2.45, 2.75) is 6.92 Å². The first-order valence-electron chi connectivity index (χ1n) is 10.2. The number of carbonyl (C=O) groups is 3. The van der Waals surface area contributed by atoms with Gasteiger partial charge in [-0.05, 0) is 36.8 Å². The minimum Gasteiger partial charge on any atom is -0.493 e. The van der Waals surface area contributed by atoms with E-state index in [0.717, 1.165) is 5.56 Å². The lowest BCUT2D eigenvalue weighted by atomic mass is 10.2. The standard InChI is InChI=1S/C23H26N2O7/c1-3-5-17-7-8-18(20(14-17)29-2)31-16-22(27)32-15-21(26)24-9-11-25(12-10-24)23(28)19-6-4-13-30-19/h3-8,13-14H,9-12,15-16H2,1-2H3/b5-3+. The number of ether oxygens (including phenoxy) is 3. The summed E-state index contributed by atoms with van der Waals surface area (Å²) in [7, 11) is 1.51. The molecule has 9 nitrogen and oxygen atoms in total. The van der Waals surface area contributed by atoms with Gasteiger partial charge in [-0.1, -0.05) is 18.2 Å². The molecule has 2 amide bonds. The average Bonchev–Trinajstić information content (AvgIpc) is 3.36.